The largest absolute Gasteiger partial charge is 0.394 e. The Morgan fingerprint density at radius 3 is 2.48 bits per heavy atom. The highest BCUT2D eigenvalue weighted by Crippen LogP contribution is 2.29. The Morgan fingerprint density at radius 1 is 1.14 bits per heavy atom. The molecule has 0 aliphatic carbocycles. The minimum atomic E-state index is -4.20. The van der Waals surface area contributed by atoms with Gasteiger partial charge in [0.1, 0.15) is 16.4 Å². The number of hydrogen-bond donors (Lipinski definition) is 2. The fourth-order valence-electron chi connectivity index (χ4n) is 1.69. The molecule has 0 aliphatic heterocycles. The summed E-state index contributed by atoms with van der Waals surface area (Å²) < 4.78 is 53.7. The Balaban J connectivity index is 2.46. The van der Waals surface area contributed by atoms with E-state index < -0.39 is 32.2 Å². The molecule has 21 heavy (non-hydrogen) atoms. The van der Waals surface area contributed by atoms with Gasteiger partial charge in [-0.05, 0) is 30.5 Å². The van der Waals surface area contributed by atoms with Gasteiger partial charge in [-0.15, -0.1) is 11.8 Å². The maximum absolute atomic E-state index is 13.9. The summed E-state index contributed by atoms with van der Waals surface area (Å²) in [4.78, 5) is -0.0196. The second-order valence-corrected chi connectivity index (χ2v) is 6.58. The van der Waals surface area contributed by atoms with E-state index in [4.69, 9.17) is 5.73 Å². The second kappa shape index (κ2) is 5.90. The van der Waals surface area contributed by atoms with Gasteiger partial charge in [0, 0.05) is 4.90 Å². The smallest absolute Gasteiger partial charge is 0.264 e. The minimum absolute atomic E-state index is 0.312. The second-order valence-electron chi connectivity index (χ2n) is 4.08. The van der Waals surface area contributed by atoms with Crippen molar-refractivity contribution in [1.29, 1.82) is 0 Å². The van der Waals surface area contributed by atoms with Crippen LogP contribution in [-0.2, 0) is 10.0 Å². The molecule has 0 spiro atoms. The summed E-state index contributed by atoms with van der Waals surface area (Å²) in [7, 11) is -4.20. The Bertz CT molecular complexity index is 780. The lowest BCUT2D eigenvalue weighted by molar-refractivity contribution is 0.557. The Kier molecular flexibility index (Phi) is 4.38. The average molecular weight is 330 g/mol. The summed E-state index contributed by atoms with van der Waals surface area (Å²) in [6.07, 6.45) is 1.78. The first-order chi connectivity index (χ1) is 9.86. The molecule has 0 heterocycles. The van der Waals surface area contributed by atoms with Gasteiger partial charge in [-0.1, -0.05) is 12.1 Å². The zero-order valence-corrected chi connectivity index (χ0v) is 12.6. The number of rotatable bonds is 4. The van der Waals surface area contributed by atoms with E-state index in [0.29, 0.717) is 10.6 Å². The first-order valence-corrected chi connectivity index (χ1v) is 8.47. The molecular formula is C13H12F2N2O2S2. The number of nitrogens with two attached hydrogens (primary N) is 1. The van der Waals surface area contributed by atoms with Gasteiger partial charge in [-0.25, -0.2) is 17.2 Å². The standard InChI is InChI=1S/C13H12F2N2O2S2/c1-20-10-5-3-2-4-9(10)17-21(18,19)11-7-6-8(14)13(16)12(11)15/h2-7,17H,16H2,1H3. The van der Waals surface area contributed by atoms with Crippen LogP contribution in [0.1, 0.15) is 0 Å². The van der Waals surface area contributed by atoms with Crippen LogP contribution in [0.3, 0.4) is 0 Å². The normalized spacial score (nSPS) is 11.4. The third kappa shape index (κ3) is 3.11. The van der Waals surface area contributed by atoms with E-state index in [9.17, 15) is 17.2 Å². The van der Waals surface area contributed by atoms with Gasteiger partial charge in [0.05, 0.1) is 5.69 Å². The Labute approximate surface area is 125 Å². The van der Waals surface area contributed by atoms with Crippen molar-refractivity contribution in [3.05, 3.63) is 48.0 Å². The number of anilines is 2. The zero-order chi connectivity index (χ0) is 15.6. The van der Waals surface area contributed by atoms with Gasteiger partial charge in [0.25, 0.3) is 10.0 Å². The van der Waals surface area contributed by atoms with Crippen molar-refractivity contribution in [3.8, 4) is 0 Å². The van der Waals surface area contributed by atoms with E-state index in [1.165, 1.54) is 11.8 Å². The molecule has 3 N–H and O–H groups in total. The molecule has 0 aliphatic rings. The number of halogens is 2. The lowest BCUT2D eigenvalue weighted by atomic mass is 10.3. The lowest BCUT2D eigenvalue weighted by Gasteiger charge is -2.12. The molecule has 112 valence electrons. The van der Waals surface area contributed by atoms with E-state index in [1.54, 1.807) is 30.5 Å². The molecule has 2 rings (SSSR count). The zero-order valence-electron chi connectivity index (χ0n) is 10.9. The average Bonchev–Trinajstić information content (AvgIpc) is 2.44. The van der Waals surface area contributed by atoms with E-state index in [0.717, 1.165) is 12.1 Å². The first kappa shape index (κ1) is 15.6. The van der Waals surface area contributed by atoms with E-state index >= 15 is 0 Å². The Hall–Kier alpha value is -1.80. The van der Waals surface area contributed by atoms with E-state index in [2.05, 4.69) is 4.72 Å². The van der Waals surface area contributed by atoms with Crippen molar-refractivity contribution >= 4 is 33.2 Å². The number of para-hydroxylation sites is 1. The van der Waals surface area contributed by atoms with Crippen molar-refractivity contribution in [2.24, 2.45) is 0 Å². The molecule has 0 saturated carbocycles. The number of benzene rings is 2. The summed E-state index contributed by atoms with van der Waals surface area (Å²) >= 11 is 1.34. The molecule has 0 fully saturated rings. The quantitative estimate of drug-likeness (QED) is 0.667. The summed E-state index contributed by atoms with van der Waals surface area (Å²) in [5.41, 5.74) is 4.67. The highest BCUT2D eigenvalue weighted by molar-refractivity contribution is 7.99. The van der Waals surface area contributed by atoms with Crippen LogP contribution in [0.5, 0.6) is 0 Å². The van der Waals surface area contributed by atoms with Crippen LogP contribution in [0.2, 0.25) is 0 Å². The van der Waals surface area contributed by atoms with Crippen LogP contribution in [0.4, 0.5) is 20.2 Å². The predicted molar refractivity (Wildman–Crippen MR) is 79.8 cm³/mol. The minimum Gasteiger partial charge on any atom is -0.394 e. The molecule has 0 unspecified atom stereocenters. The number of nitrogen functional groups attached to an aromatic ring is 1. The highest BCUT2D eigenvalue weighted by atomic mass is 32.2. The monoisotopic (exact) mass is 330 g/mol. The van der Waals surface area contributed by atoms with Crippen molar-refractivity contribution in [1.82, 2.24) is 0 Å². The predicted octanol–water partition coefficient (Wildman–Crippen LogP) is 3.07. The third-order valence-electron chi connectivity index (χ3n) is 2.73. The third-order valence-corrected chi connectivity index (χ3v) is 4.91. The SMILES string of the molecule is CSc1ccccc1NS(=O)(=O)c1ccc(F)c(N)c1F. The summed E-state index contributed by atoms with van der Waals surface area (Å²) in [5.74, 6) is -2.31. The molecule has 0 saturated heterocycles. The van der Waals surface area contributed by atoms with E-state index in [-0.39, 0.29) is 0 Å². The fourth-order valence-corrected chi connectivity index (χ4v) is 3.47. The fraction of sp³-hybridized carbons (Fsp3) is 0.0769. The summed E-state index contributed by atoms with van der Waals surface area (Å²) in [6.45, 7) is 0. The molecule has 2 aromatic carbocycles. The van der Waals surface area contributed by atoms with Crippen molar-refractivity contribution in [2.45, 2.75) is 9.79 Å². The first-order valence-electron chi connectivity index (χ1n) is 5.76. The van der Waals surface area contributed by atoms with Crippen LogP contribution in [0.25, 0.3) is 0 Å². The Morgan fingerprint density at radius 2 is 1.81 bits per heavy atom. The molecule has 2 aromatic rings. The highest BCUT2D eigenvalue weighted by Gasteiger charge is 2.23. The molecule has 0 bridgehead atoms. The van der Waals surface area contributed by atoms with Gasteiger partial charge in [0.2, 0.25) is 0 Å². The van der Waals surface area contributed by atoms with Gasteiger partial charge < -0.3 is 5.73 Å². The number of sulfonamides is 1. The molecular weight excluding hydrogens is 318 g/mol. The lowest BCUT2D eigenvalue weighted by Crippen LogP contribution is -2.16. The topological polar surface area (TPSA) is 72.2 Å². The van der Waals surface area contributed by atoms with Crippen LogP contribution in [-0.4, -0.2) is 14.7 Å². The van der Waals surface area contributed by atoms with Crippen LogP contribution in [0, 0.1) is 11.6 Å². The number of nitrogens with one attached hydrogen (secondary N) is 1. The molecule has 0 atom stereocenters. The van der Waals surface area contributed by atoms with Crippen molar-refractivity contribution in [2.75, 3.05) is 16.7 Å². The van der Waals surface area contributed by atoms with Crippen LogP contribution < -0.4 is 10.5 Å². The van der Waals surface area contributed by atoms with Crippen LogP contribution in [0.15, 0.2) is 46.2 Å². The molecule has 0 amide bonds. The molecule has 0 radical (unpaired) electrons. The molecule has 8 heteroatoms. The van der Waals surface area contributed by atoms with Crippen molar-refractivity contribution < 1.29 is 17.2 Å². The van der Waals surface area contributed by atoms with Gasteiger partial charge in [-0.3, -0.25) is 4.72 Å². The van der Waals surface area contributed by atoms with Gasteiger partial charge >= 0.3 is 0 Å². The number of hydrogen-bond acceptors (Lipinski definition) is 4. The molecule has 0 aromatic heterocycles. The maximum Gasteiger partial charge on any atom is 0.264 e. The maximum atomic E-state index is 13.9. The summed E-state index contributed by atoms with van der Waals surface area (Å²) in [5, 5.41) is 0. The summed E-state index contributed by atoms with van der Waals surface area (Å²) in [6, 6.07) is 8.32. The van der Waals surface area contributed by atoms with Gasteiger partial charge in [-0.2, -0.15) is 0 Å². The van der Waals surface area contributed by atoms with Crippen molar-refractivity contribution in [3.63, 3.8) is 0 Å². The number of thioether (sulfide) groups is 1. The van der Waals surface area contributed by atoms with Gasteiger partial charge in [0.15, 0.2) is 5.82 Å². The molecule has 4 nitrogen and oxygen atoms in total. The van der Waals surface area contributed by atoms with Crippen LogP contribution >= 0.6 is 11.8 Å². The van der Waals surface area contributed by atoms with E-state index in [1.807, 2.05) is 0 Å².